The van der Waals surface area contributed by atoms with Crippen LogP contribution in [-0.2, 0) is 0 Å². The standard InChI is InChI=1S/C10H22N2S.ClH/c1-10(2,11)8-12(3)9-5-4-6-13-7-9;/h9H,4-8,11H2,1-3H3;1H. The van der Waals surface area contributed by atoms with E-state index in [0.717, 1.165) is 12.6 Å². The van der Waals surface area contributed by atoms with Crippen LogP contribution in [0.4, 0.5) is 0 Å². The van der Waals surface area contributed by atoms with Gasteiger partial charge >= 0.3 is 0 Å². The number of nitrogens with zero attached hydrogens (tertiary/aromatic N) is 1. The molecule has 1 fully saturated rings. The largest absolute Gasteiger partial charge is 0.324 e. The highest BCUT2D eigenvalue weighted by molar-refractivity contribution is 7.99. The molecule has 0 aromatic rings. The Balaban J connectivity index is 0.00000169. The lowest BCUT2D eigenvalue weighted by molar-refractivity contribution is 0.205. The van der Waals surface area contributed by atoms with Crippen LogP contribution in [-0.4, -0.2) is 41.6 Å². The van der Waals surface area contributed by atoms with E-state index in [2.05, 4.69) is 37.6 Å². The van der Waals surface area contributed by atoms with E-state index in [-0.39, 0.29) is 17.9 Å². The van der Waals surface area contributed by atoms with Crippen molar-refractivity contribution in [2.24, 2.45) is 5.73 Å². The molecule has 0 aliphatic carbocycles. The van der Waals surface area contributed by atoms with Gasteiger partial charge in [0.2, 0.25) is 0 Å². The molecule has 0 bridgehead atoms. The van der Waals surface area contributed by atoms with Crippen LogP contribution < -0.4 is 5.73 Å². The number of halogens is 1. The number of hydrogen-bond acceptors (Lipinski definition) is 3. The summed E-state index contributed by atoms with van der Waals surface area (Å²) in [5.74, 6) is 2.63. The van der Waals surface area contributed by atoms with E-state index >= 15 is 0 Å². The van der Waals surface area contributed by atoms with Gasteiger partial charge in [0.1, 0.15) is 0 Å². The minimum Gasteiger partial charge on any atom is -0.324 e. The molecule has 0 radical (unpaired) electrons. The average molecular weight is 239 g/mol. The van der Waals surface area contributed by atoms with Crippen molar-refractivity contribution < 1.29 is 0 Å². The third-order valence-corrected chi connectivity index (χ3v) is 3.61. The molecule has 1 heterocycles. The predicted molar refractivity (Wildman–Crippen MR) is 68.5 cm³/mol. The van der Waals surface area contributed by atoms with Crippen molar-refractivity contribution >= 4 is 24.2 Å². The number of rotatable bonds is 3. The lowest BCUT2D eigenvalue weighted by Crippen LogP contribution is -2.48. The molecule has 2 nitrogen and oxygen atoms in total. The number of hydrogen-bond donors (Lipinski definition) is 1. The van der Waals surface area contributed by atoms with E-state index in [1.165, 1.54) is 24.3 Å². The molecule has 14 heavy (non-hydrogen) atoms. The van der Waals surface area contributed by atoms with E-state index < -0.39 is 0 Å². The van der Waals surface area contributed by atoms with E-state index in [1.54, 1.807) is 0 Å². The van der Waals surface area contributed by atoms with Gasteiger partial charge in [-0.3, -0.25) is 0 Å². The molecule has 0 spiro atoms. The van der Waals surface area contributed by atoms with Gasteiger partial charge in [-0.2, -0.15) is 11.8 Å². The lowest BCUT2D eigenvalue weighted by atomic mass is 10.0. The topological polar surface area (TPSA) is 29.3 Å². The van der Waals surface area contributed by atoms with Gasteiger partial charge in [-0.15, -0.1) is 12.4 Å². The minimum atomic E-state index is -0.0587. The van der Waals surface area contributed by atoms with Crippen LogP contribution in [0.1, 0.15) is 26.7 Å². The molecule has 1 rings (SSSR count). The molecule has 1 aliphatic heterocycles. The van der Waals surface area contributed by atoms with E-state index in [1.807, 2.05) is 0 Å². The first-order valence-electron chi connectivity index (χ1n) is 5.06. The number of nitrogens with two attached hydrogens (primary N) is 1. The minimum absolute atomic E-state index is 0. The highest BCUT2D eigenvalue weighted by atomic mass is 35.5. The Morgan fingerprint density at radius 1 is 1.50 bits per heavy atom. The van der Waals surface area contributed by atoms with Crippen LogP contribution in [0.15, 0.2) is 0 Å². The summed E-state index contributed by atoms with van der Waals surface area (Å²) < 4.78 is 0. The van der Waals surface area contributed by atoms with Gasteiger partial charge < -0.3 is 10.6 Å². The van der Waals surface area contributed by atoms with E-state index in [4.69, 9.17) is 5.73 Å². The van der Waals surface area contributed by atoms with Crippen LogP contribution >= 0.6 is 24.2 Å². The average Bonchev–Trinajstić information content (AvgIpc) is 2.03. The third-order valence-electron chi connectivity index (χ3n) is 2.42. The van der Waals surface area contributed by atoms with Crippen LogP contribution in [0.2, 0.25) is 0 Å². The summed E-state index contributed by atoms with van der Waals surface area (Å²) in [7, 11) is 2.20. The first-order valence-corrected chi connectivity index (χ1v) is 6.21. The zero-order valence-electron chi connectivity index (χ0n) is 9.45. The summed E-state index contributed by atoms with van der Waals surface area (Å²) in [6, 6.07) is 0.751. The summed E-state index contributed by atoms with van der Waals surface area (Å²) in [6.45, 7) is 5.19. The highest BCUT2D eigenvalue weighted by Crippen LogP contribution is 2.21. The summed E-state index contributed by atoms with van der Waals surface area (Å²) in [5.41, 5.74) is 5.94. The van der Waals surface area contributed by atoms with Gasteiger partial charge in [0.05, 0.1) is 0 Å². The van der Waals surface area contributed by atoms with Crippen LogP contribution in [0.3, 0.4) is 0 Å². The van der Waals surface area contributed by atoms with Crippen LogP contribution in [0.5, 0.6) is 0 Å². The molecule has 2 N–H and O–H groups in total. The Morgan fingerprint density at radius 2 is 2.14 bits per heavy atom. The fraction of sp³-hybridized carbons (Fsp3) is 1.00. The Labute approximate surface area is 98.4 Å². The monoisotopic (exact) mass is 238 g/mol. The second-order valence-electron chi connectivity index (χ2n) is 4.77. The van der Waals surface area contributed by atoms with E-state index in [9.17, 15) is 0 Å². The molecule has 86 valence electrons. The second kappa shape index (κ2) is 6.21. The fourth-order valence-electron chi connectivity index (χ4n) is 1.84. The predicted octanol–water partition coefficient (Wildman–Crippen LogP) is 1.97. The maximum Gasteiger partial charge on any atom is 0.0226 e. The highest BCUT2D eigenvalue weighted by Gasteiger charge is 2.22. The quantitative estimate of drug-likeness (QED) is 0.816. The fourth-order valence-corrected chi connectivity index (χ4v) is 3.07. The summed E-state index contributed by atoms with van der Waals surface area (Å²) in [4.78, 5) is 2.42. The van der Waals surface area contributed by atoms with Crippen molar-refractivity contribution in [2.75, 3.05) is 25.1 Å². The van der Waals surface area contributed by atoms with Crippen molar-refractivity contribution in [3.63, 3.8) is 0 Å². The smallest absolute Gasteiger partial charge is 0.0226 e. The Morgan fingerprint density at radius 3 is 2.57 bits per heavy atom. The summed E-state index contributed by atoms with van der Waals surface area (Å²) in [6.07, 6.45) is 2.71. The van der Waals surface area contributed by atoms with E-state index in [0.29, 0.717) is 0 Å². The van der Waals surface area contributed by atoms with Crippen molar-refractivity contribution in [3.05, 3.63) is 0 Å². The zero-order valence-corrected chi connectivity index (χ0v) is 11.1. The molecule has 0 amide bonds. The summed E-state index contributed by atoms with van der Waals surface area (Å²) >= 11 is 2.07. The van der Waals surface area contributed by atoms with Gasteiger partial charge in [-0.25, -0.2) is 0 Å². The molecule has 0 saturated carbocycles. The molecule has 1 unspecified atom stereocenters. The molecule has 1 atom stereocenters. The molecular weight excluding hydrogens is 216 g/mol. The molecule has 1 aliphatic rings. The van der Waals surface area contributed by atoms with Gasteiger partial charge in [0.15, 0.2) is 0 Å². The first kappa shape index (κ1) is 14.6. The SMILES string of the molecule is CN(CC(C)(C)N)C1CCCSC1.Cl. The Hall–Kier alpha value is 0.560. The molecule has 4 heteroatoms. The van der Waals surface area contributed by atoms with Gasteiger partial charge in [-0.1, -0.05) is 0 Å². The second-order valence-corrected chi connectivity index (χ2v) is 5.92. The van der Waals surface area contributed by atoms with Gasteiger partial charge in [0, 0.05) is 23.9 Å². The number of likely N-dealkylation sites (N-methyl/N-ethyl adjacent to an activating group) is 1. The van der Waals surface area contributed by atoms with Crippen molar-refractivity contribution in [1.82, 2.24) is 4.90 Å². The van der Waals surface area contributed by atoms with Crippen LogP contribution in [0, 0.1) is 0 Å². The van der Waals surface area contributed by atoms with Gasteiger partial charge in [-0.05, 0) is 39.5 Å². The molecule has 0 aromatic carbocycles. The van der Waals surface area contributed by atoms with Crippen LogP contribution in [0.25, 0.3) is 0 Å². The van der Waals surface area contributed by atoms with Crippen molar-refractivity contribution in [3.8, 4) is 0 Å². The lowest BCUT2D eigenvalue weighted by Gasteiger charge is -2.35. The third kappa shape index (κ3) is 5.44. The first-order chi connectivity index (χ1) is 5.99. The molecule has 1 saturated heterocycles. The Bertz CT molecular complexity index is 153. The normalized spacial score (nSPS) is 23.4. The Kier molecular flexibility index (Phi) is 6.46. The number of thioether (sulfide) groups is 1. The maximum absolute atomic E-state index is 5.99. The maximum atomic E-state index is 5.99. The summed E-state index contributed by atoms with van der Waals surface area (Å²) in [5, 5.41) is 0. The van der Waals surface area contributed by atoms with Crippen molar-refractivity contribution in [1.29, 1.82) is 0 Å². The molecular formula is C10H23ClN2S. The zero-order chi connectivity index (χ0) is 9.90. The van der Waals surface area contributed by atoms with Crippen molar-refractivity contribution in [2.45, 2.75) is 38.3 Å². The molecule has 0 aromatic heterocycles. The van der Waals surface area contributed by atoms with Gasteiger partial charge in [0.25, 0.3) is 0 Å².